The number of halogens is 5. The highest BCUT2D eigenvalue weighted by Crippen LogP contribution is 2.53. The maximum atomic E-state index is 14.2. The SMILES string of the molecule is COc1cccc2c1C(=O)c1c(O)c3c(c(O)c1C2=O)C[C@@](O)(C(=O)COC(=O)Oc1c(F)c(F)c(F)c(F)c1F)C[C@@H]3O[C@H]1C[C@H]2[C@H](O[C@@H]3[C@@H](OC)OCCN32)[C@H](C)O1. The van der Waals surface area contributed by atoms with E-state index in [2.05, 4.69) is 9.47 Å². The lowest BCUT2D eigenvalue weighted by molar-refractivity contribution is -0.256. The highest BCUT2D eigenvalue weighted by molar-refractivity contribution is 6.31. The van der Waals surface area contributed by atoms with Crippen molar-refractivity contribution in [3.05, 3.63) is 80.7 Å². The van der Waals surface area contributed by atoms with Crippen molar-refractivity contribution in [1.82, 2.24) is 4.90 Å². The van der Waals surface area contributed by atoms with Gasteiger partial charge in [-0.05, 0) is 13.0 Å². The van der Waals surface area contributed by atoms with Crippen molar-refractivity contribution in [2.45, 2.75) is 74.9 Å². The number of methoxy groups -OCH3 is 2. The number of phenolic OH excluding ortho intramolecular Hbond substituents is 2. The Balaban J connectivity index is 1.13. The Hall–Kier alpha value is -5.29. The van der Waals surface area contributed by atoms with Crippen LogP contribution in [0, 0.1) is 29.1 Å². The number of fused-ring (bicyclic) bond motifs is 6. The number of nitrogens with zero attached hydrogens (tertiary/aromatic N) is 1. The monoisotopic (exact) mass is 851 g/mol. The third kappa shape index (κ3) is 6.46. The number of morpholine rings is 1. The van der Waals surface area contributed by atoms with E-state index in [1.54, 1.807) is 6.92 Å². The molecule has 3 heterocycles. The van der Waals surface area contributed by atoms with Gasteiger partial charge in [-0.25, -0.2) is 18.0 Å². The van der Waals surface area contributed by atoms with Gasteiger partial charge in [-0.1, -0.05) is 12.1 Å². The molecule has 320 valence electrons. The van der Waals surface area contributed by atoms with E-state index in [4.69, 9.17) is 28.4 Å². The minimum absolute atomic E-state index is 0.00496. The Bertz CT molecular complexity index is 2320. The second kappa shape index (κ2) is 15.3. The van der Waals surface area contributed by atoms with Crippen LogP contribution >= 0.6 is 0 Å². The van der Waals surface area contributed by atoms with Gasteiger partial charge < -0.3 is 53.2 Å². The number of ether oxygens (including phenoxy) is 8. The number of aliphatic hydroxyl groups is 1. The Labute approximate surface area is 335 Å². The molecule has 3 fully saturated rings. The fourth-order valence-corrected chi connectivity index (χ4v) is 8.59. The highest BCUT2D eigenvalue weighted by atomic mass is 19.2. The maximum Gasteiger partial charge on any atom is 0.514 e. The van der Waals surface area contributed by atoms with Crippen molar-refractivity contribution in [2.75, 3.05) is 34.0 Å². The fourth-order valence-electron chi connectivity index (χ4n) is 8.59. The summed E-state index contributed by atoms with van der Waals surface area (Å²) < 4.78 is 113. The van der Waals surface area contributed by atoms with E-state index in [0.29, 0.717) is 13.2 Å². The molecule has 16 nitrogen and oxygen atoms in total. The van der Waals surface area contributed by atoms with Gasteiger partial charge in [0.05, 0.1) is 42.6 Å². The molecular weight excluding hydrogens is 817 g/mol. The largest absolute Gasteiger partial charge is 0.514 e. The van der Waals surface area contributed by atoms with Crippen molar-refractivity contribution in [3.63, 3.8) is 0 Å². The second-order valence-electron chi connectivity index (χ2n) is 14.7. The molecule has 0 bridgehead atoms. The molecule has 5 aliphatic rings. The van der Waals surface area contributed by atoms with Crippen molar-refractivity contribution in [2.24, 2.45) is 0 Å². The summed E-state index contributed by atoms with van der Waals surface area (Å²) in [5.74, 6) is -19.4. The molecule has 3 aromatic rings. The Morgan fingerprint density at radius 2 is 1.62 bits per heavy atom. The number of hydrogen-bond acceptors (Lipinski definition) is 16. The standard InChI is InChI=1S/C39H34F5NO15/c1-13-34-16(45-7-8-55-37(54-3)36(45)59-34)9-20(57-13)58-18-11-39(52,19(46)12-56-38(51)60-35-28(43)26(41)25(40)27(42)29(35)44)10-15-22(18)33(50)24-23(31(15)48)30(47)14-5-4-6-17(53-2)21(14)32(24)49/h4-6,13,16,18,20,34,36-37,48,50,52H,7-12H2,1-3H3/t13-,16-,18-,20-,34+,36+,37-,39-/m0/s1. The van der Waals surface area contributed by atoms with Gasteiger partial charge in [-0.3, -0.25) is 19.3 Å². The van der Waals surface area contributed by atoms with Gasteiger partial charge in [0, 0.05) is 55.6 Å². The number of hydrogen-bond donors (Lipinski definition) is 3. The van der Waals surface area contributed by atoms with Crippen molar-refractivity contribution < 1.29 is 94.3 Å². The predicted octanol–water partition coefficient (Wildman–Crippen LogP) is 3.63. The van der Waals surface area contributed by atoms with E-state index in [9.17, 15) is 56.4 Å². The average Bonchev–Trinajstić information content (AvgIpc) is 3.62. The molecule has 8 rings (SSSR count). The maximum absolute atomic E-state index is 14.2. The van der Waals surface area contributed by atoms with Gasteiger partial charge in [-0.15, -0.1) is 0 Å². The third-order valence-electron chi connectivity index (χ3n) is 11.4. The molecule has 3 N–H and O–H groups in total. The van der Waals surface area contributed by atoms with Crippen LogP contribution in [-0.2, 0) is 39.6 Å². The Morgan fingerprint density at radius 3 is 2.30 bits per heavy atom. The number of phenols is 2. The van der Waals surface area contributed by atoms with Gasteiger partial charge >= 0.3 is 6.16 Å². The van der Waals surface area contributed by atoms with Gasteiger partial charge in [0.1, 0.15) is 29.0 Å². The van der Waals surface area contributed by atoms with E-state index < -0.39 is 149 Å². The average molecular weight is 852 g/mol. The number of aromatic hydroxyl groups is 2. The zero-order valence-electron chi connectivity index (χ0n) is 31.6. The normalized spacial score (nSPS) is 28.2. The summed E-state index contributed by atoms with van der Waals surface area (Å²) in [6.07, 6.45) is -8.93. The third-order valence-corrected chi connectivity index (χ3v) is 11.4. The summed E-state index contributed by atoms with van der Waals surface area (Å²) in [7, 11) is 2.72. The van der Waals surface area contributed by atoms with Crippen LogP contribution in [0.2, 0.25) is 0 Å². The summed E-state index contributed by atoms with van der Waals surface area (Å²) >= 11 is 0. The van der Waals surface area contributed by atoms with Crippen molar-refractivity contribution >= 4 is 23.5 Å². The quantitative estimate of drug-likeness (QED) is 0.0578. The summed E-state index contributed by atoms with van der Waals surface area (Å²) in [6.45, 7) is 1.02. The van der Waals surface area contributed by atoms with Crippen LogP contribution in [-0.4, -0.2) is 120 Å². The van der Waals surface area contributed by atoms with E-state index in [1.165, 1.54) is 32.4 Å². The molecule has 8 atom stereocenters. The van der Waals surface area contributed by atoms with Crippen LogP contribution in [0.1, 0.15) is 68.8 Å². The lowest BCUT2D eigenvalue weighted by Gasteiger charge is -2.43. The van der Waals surface area contributed by atoms with Crippen LogP contribution in [0.3, 0.4) is 0 Å². The second-order valence-corrected chi connectivity index (χ2v) is 14.7. The number of Topliss-reactive ketones (excluding diaryl/α,β-unsaturated/α-hetero) is 1. The van der Waals surface area contributed by atoms with E-state index in [-0.39, 0.29) is 34.9 Å². The van der Waals surface area contributed by atoms with Gasteiger partial charge in [0.2, 0.25) is 46.4 Å². The molecule has 2 aliphatic carbocycles. The molecule has 3 aliphatic heterocycles. The van der Waals surface area contributed by atoms with Crippen LogP contribution in [0.4, 0.5) is 26.7 Å². The first-order valence-electron chi connectivity index (χ1n) is 18.4. The molecule has 0 unspecified atom stereocenters. The van der Waals surface area contributed by atoms with Crippen LogP contribution < -0.4 is 9.47 Å². The molecular formula is C39H34F5NO15. The van der Waals surface area contributed by atoms with Crippen LogP contribution in [0.25, 0.3) is 0 Å². The minimum Gasteiger partial charge on any atom is -0.507 e. The molecule has 21 heteroatoms. The van der Waals surface area contributed by atoms with E-state index in [1.807, 2.05) is 4.90 Å². The minimum atomic E-state index is -2.70. The zero-order valence-corrected chi connectivity index (χ0v) is 31.6. The van der Waals surface area contributed by atoms with Crippen LogP contribution in [0.5, 0.6) is 23.0 Å². The number of benzene rings is 3. The molecule has 0 radical (unpaired) electrons. The van der Waals surface area contributed by atoms with E-state index in [0.717, 1.165) is 0 Å². The predicted molar refractivity (Wildman–Crippen MR) is 185 cm³/mol. The summed E-state index contributed by atoms with van der Waals surface area (Å²) in [5.41, 5.74) is -5.07. The Kier molecular flexibility index (Phi) is 10.6. The van der Waals surface area contributed by atoms with Gasteiger partial charge in [0.15, 0.2) is 31.2 Å². The Morgan fingerprint density at radius 1 is 0.933 bits per heavy atom. The first-order valence-corrected chi connectivity index (χ1v) is 18.4. The van der Waals surface area contributed by atoms with Gasteiger partial charge in [0.25, 0.3) is 0 Å². The number of carbonyl (C=O) groups excluding carboxylic acids is 4. The molecule has 0 amide bonds. The molecule has 60 heavy (non-hydrogen) atoms. The first-order chi connectivity index (χ1) is 28.5. The number of carbonyl (C=O) groups is 4. The lowest BCUT2D eigenvalue weighted by Crippen LogP contribution is -2.55. The van der Waals surface area contributed by atoms with Crippen molar-refractivity contribution in [1.29, 1.82) is 0 Å². The topological polar surface area (TPSA) is 206 Å². The van der Waals surface area contributed by atoms with Gasteiger partial charge in [-0.2, -0.15) is 8.78 Å². The lowest BCUT2D eigenvalue weighted by atomic mass is 9.72. The fraction of sp³-hybridized carbons (Fsp3) is 0.436. The smallest absolute Gasteiger partial charge is 0.507 e. The number of rotatable bonds is 8. The highest BCUT2D eigenvalue weighted by Gasteiger charge is 2.55. The first kappa shape index (κ1) is 41.4. The van der Waals surface area contributed by atoms with E-state index >= 15 is 0 Å². The zero-order chi connectivity index (χ0) is 43.1. The number of ketones is 3. The molecule has 3 aromatic carbocycles. The molecule has 0 spiro atoms. The summed E-state index contributed by atoms with van der Waals surface area (Å²) in [4.78, 5) is 56.2. The molecule has 0 saturated carbocycles. The van der Waals surface area contributed by atoms with Crippen LogP contribution in [0.15, 0.2) is 18.2 Å². The molecule has 0 aromatic heterocycles. The molecule has 3 saturated heterocycles. The summed E-state index contributed by atoms with van der Waals surface area (Å²) in [5, 5.41) is 35.7. The summed E-state index contributed by atoms with van der Waals surface area (Å²) in [6, 6.07) is 3.78. The van der Waals surface area contributed by atoms with Crippen molar-refractivity contribution in [3.8, 4) is 23.0 Å².